The molecule has 0 spiro atoms. The molecule has 96 valence electrons. The molecule has 18 heavy (non-hydrogen) atoms. The van der Waals surface area contributed by atoms with Crippen molar-refractivity contribution in [3.8, 4) is 0 Å². The quantitative estimate of drug-likeness (QED) is 0.830. The van der Waals surface area contributed by atoms with E-state index in [1.807, 2.05) is 6.07 Å². The SMILES string of the molecule is CCC1CN(c2nc3ccccc3s2)CCCO1. The van der Waals surface area contributed by atoms with E-state index in [0.29, 0.717) is 6.10 Å². The summed E-state index contributed by atoms with van der Waals surface area (Å²) < 4.78 is 7.08. The standard InChI is InChI=1S/C14H18N2OS/c1-2-11-10-16(8-5-9-17-11)14-15-12-6-3-4-7-13(12)18-14/h3-4,6-7,11H,2,5,8-10H2,1H3. The summed E-state index contributed by atoms with van der Waals surface area (Å²) in [7, 11) is 0. The highest BCUT2D eigenvalue weighted by Gasteiger charge is 2.19. The summed E-state index contributed by atoms with van der Waals surface area (Å²) in [6.07, 6.45) is 2.51. The van der Waals surface area contributed by atoms with E-state index in [-0.39, 0.29) is 0 Å². The molecule has 1 unspecified atom stereocenters. The molecule has 1 fully saturated rings. The van der Waals surface area contributed by atoms with Gasteiger partial charge >= 0.3 is 0 Å². The van der Waals surface area contributed by atoms with Gasteiger partial charge in [0.05, 0.1) is 16.3 Å². The summed E-state index contributed by atoms with van der Waals surface area (Å²) >= 11 is 1.78. The van der Waals surface area contributed by atoms with E-state index in [1.165, 1.54) is 4.70 Å². The van der Waals surface area contributed by atoms with Crippen LogP contribution in [0, 0.1) is 0 Å². The molecule has 2 heterocycles. The lowest BCUT2D eigenvalue weighted by Crippen LogP contribution is -2.31. The Labute approximate surface area is 111 Å². The summed E-state index contributed by atoms with van der Waals surface area (Å²) in [6, 6.07) is 8.35. The molecule has 2 aromatic rings. The Balaban J connectivity index is 1.87. The first kappa shape index (κ1) is 11.9. The number of thiazole rings is 1. The number of anilines is 1. The molecular weight excluding hydrogens is 244 g/mol. The zero-order valence-corrected chi connectivity index (χ0v) is 11.4. The number of fused-ring (bicyclic) bond motifs is 1. The lowest BCUT2D eigenvalue weighted by Gasteiger charge is -2.22. The summed E-state index contributed by atoms with van der Waals surface area (Å²) in [5, 5.41) is 1.14. The minimum Gasteiger partial charge on any atom is -0.376 e. The van der Waals surface area contributed by atoms with Gasteiger partial charge < -0.3 is 9.64 Å². The minimum absolute atomic E-state index is 0.347. The Morgan fingerprint density at radius 3 is 3.17 bits per heavy atom. The normalized spacial score (nSPS) is 21.2. The van der Waals surface area contributed by atoms with E-state index >= 15 is 0 Å². The van der Waals surface area contributed by atoms with Crippen molar-refractivity contribution in [2.45, 2.75) is 25.9 Å². The molecule has 0 aliphatic carbocycles. The Morgan fingerprint density at radius 2 is 2.33 bits per heavy atom. The van der Waals surface area contributed by atoms with Gasteiger partial charge in [-0.05, 0) is 25.0 Å². The summed E-state index contributed by atoms with van der Waals surface area (Å²) in [5.74, 6) is 0. The summed E-state index contributed by atoms with van der Waals surface area (Å²) in [6.45, 7) is 5.08. The fourth-order valence-electron chi connectivity index (χ4n) is 2.31. The van der Waals surface area contributed by atoms with Gasteiger partial charge in [0.15, 0.2) is 5.13 Å². The monoisotopic (exact) mass is 262 g/mol. The summed E-state index contributed by atoms with van der Waals surface area (Å²) in [5.41, 5.74) is 1.11. The van der Waals surface area contributed by atoms with Gasteiger partial charge in [-0.25, -0.2) is 4.98 Å². The van der Waals surface area contributed by atoms with Crippen molar-refractivity contribution < 1.29 is 4.74 Å². The molecule has 0 N–H and O–H groups in total. The van der Waals surface area contributed by atoms with E-state index < -0.39 is 0 Å². The van der Waals surface area contributed by atoms with E-state index in [4.69, 9.17) is 9.72 Å². The van der Waals surface area contributed by atoms with Crippen molar-refractivity contribution in [3.63, 3.8) is 0 Å². The molecule has 1 aromatic heterocycles. The highest BCUT2D eigenvalue weighted by molar-refractivity contribution is 7.22. The fourth-order valence-corrected chi connectivity index (χ4v) is 3.31. The number of benzene rings is 1. The number of aromatic nitrogens is 1. The number of rotatable bonds is 2. The molecule has 1 aromatic carbocycles. The maximum Gasteiger partial charge on any atom is 0.186 e. The van der Waals surface area contributed by atoms with Crippen LogP contribution >= 0.6 is 11.3 Å². The Morgan fingerprint density at radius 1 is 1.44 bits per heavy atom. The lowest BCUT2D eigenvalue weighted by molar-refractivity contribution is 0.0664. The van der Waals surface area contributed by atoms with Crippen LogP contribution in [0.3, 0.4) is 0 Å². The molecule has 0 bridgehead atoms. The van der Waals surface area contributed by atoms with E-state index in [1.54, 1.807) is 11.3 Å². The van der Waals surface area contributed by atoms with Crippen molar-refractivity contribution in [2.24, 2.45) is 0 Å². The molecule has 0 saturated carbocycles. The maximum absolute atomic E-state index is 5.81. The molecule has 0 radical (unpaired) electrons. The highest BCUT2D eigenvalue weighted by Crippen LogP contribution is 2.29. The first-order valence-electron chi connectivity index (χ1n) is 6.59. The molecule has 0 amide bonds. The van der Waals surface area contributed by atoms with Gasteiger partial charge in [-0.1, -0.05) is 30.4 Å². The van der Waals surface area contributed by atoms with Gasteiger partial charge in [-0.15, -0.1) is 0 Å². The Hall–Kier alpha value is -1.13. The molecule has 1 saturated heterocycles. The largest absolute Gasteiger partial charge is 0.376 e. The van der Waals surface area contributed by atoms with Crippen LogP contribution in [0.2, 0.25) is 0 Å². The second-order valence-corrected chi connectivity index (χ2v) is 5.67. The van der Waals surface area contributed by atoms with Crippen LogP contribution in [-0.2, 0) is 4.74 Å². The van der Waals surface area contributed by atoms with Crippen molar-refractivity contribution in [2.75, 3.05) is 24.6 Å². The molecular formula is C14H18N2OS. The lowest BCUT2D eigenvalue weighted by atomic mass is 10.2. The number of nitrogens with zero attached hydrogens (tertiary/aromatic N) is 2. The minimum atomic E-state index is 0.347. The molecule has 3 rings (SSSR count). The third kappa shape index (κ3) is 2.35. The summed E-state index contributed by atoms with van der Waals surface area (Å²) in [4.78, 5) is 7.12. The number of hydrogen-bond donors (Lipinski definition) is 0. The number of para-hydroxylation sites is 1. The second-order valence-electron chi connectivity index (χ2n) is 4.66. The molecule has 3 nitrogen and oxygen atoms in total. The third-order valence-electron chi connectivity index (χ3n) is 3.36. The zero-order chi connectivity index (χ0) is 12.4. The van der Waals surface area contributed by atoms with Gasteiger partial charge in [0.25, 0.3) is 0 Å². The number of hydrogen-bond acceptors (Lipinski definition) is 4. The van der Waals surface area contributed by atoms with Crippen molar-refractivity contribution in [1.29, 1.82) is 0 Å². The van der Waals surface area contributed by atoms with Crippen LogP contribution < -0.4 is 4.90 Å². The smallest absolute Gasteiger partial charge is 0.186 e. The Bertz CT molecular complexity index is 492. The van der Waals surface area contributed by atoms with Crippen LogP contribution in [0.5, 0.6) is 0 Å². The van der Waals surface area contributed by atoms with Crippen molar-refractivity contribution in [1.82, 2.24) is 4.98 Å². The van der Waals surface area contributed by atoms with Gasteiger partial charge in [0.1, 0.15) is 0 Å². The molecule has 4 heteroatoms. The van der Waals surface area contributed by atoms with E-state index in [0.717, 1.165) is 43.2 Å². The topological polar surface area (TPSA) is 25.4 Å². The third-order valence-corrected chi connectivity index (χ3v) is 4.46. The van der Waals surface area contributed by atoms with E-state index in [9.17, 15) is 0 Å². The van der Waals surface area contributed by atoms with Crippen LogP contribution in [0.15, 0.2) is 24.3 Å². The molecule has 1 atom stereocenters. The van der Waals surface area contributed by atoms with Crippen LogP contribution in [0.4, 0.5) is 5.13 Å². The fraction of sp³-hybridized carbons (Fsp3) is 0.500. The Kier molecular flexibility index (Phi) is 3.48. The molecule has 1 aliphatic heterocycles. The van der Waals surface area contributed by atoms with Crippen LogP contribution in [0.1, 0.15) is 19.8 Å². The average Bonchev–Trinajstić information content (AvgIpc) is 2.69. The first-order chi connectivity index (χ1) is 8.86. The van der Waals surface area contributed by atoms with Crippen molar-refractivity contribution in [3.05, 3.63) is 24.3 Å². The van der Waals surface area contributed by atoms with Gasteiger partial charge in [0.2, 0.25) is 0 Å². The number of ether oxygens (including phenoxy) is 1. The second kappa shape index (κ2) is 5.24. The average molecular weight is 262 g/mol. The van der Waals surface area contributed by atoms with Crippen LogP contribution in [-0.4, -0.2) is 30.8 Å². The van der Waals surface area contributed by atoms with Crippen molar-refractivity contribution >= 4 is 26.7 Å². The first-order valence-corrected chi connectivity index (χ1v) is 7.40. The predicted octanol–water partition coefficient (Wildman–Crippen LogP) is 3.30. The van der Waals surface area contributed by atoms with Gasteiger partial charge in [-0.2, -0.15) is 0 Å². The maximum atomic E-state index is 5.81. The highest BCUT2D eigenvalue weighted by atomic mass is 32.1. The van der Waals surface area contributed by atoms with Gasteiger partial charge in [-0.3, -0.25) is 0 Å². The van der Waals surface area contributed by atoms with E-state index in [2.05, 4.69) is 30.0 Å². The predicted molar refractivity (Wildman–Crippen MR) is 76.5 cm³/mol. The van der Waals surface area contributed by atoms with Crippen LogP contribution in [0.25, 0.3) is 10.2 Å². The zero-order valence-electron chi connectivity index (χ0n) is 10.6. The molecule has 1 aliphatic rings. The van der Waals surface area contributed by atoms with Gasteiger partial charge in [0, 0.05) is 19.7 Å².